The van der Waals surface area contributed by atoms with Crippen LogP contribution in [0, 0.1) is 5.92 Å². The lowest BCUT2D eigenvalue weighted by Crippen LogP contribution is -2.11. The highest BCUT2D eigenvalue weighted by Gasteiger charge is 2.13. The summed E-state index contributed by atoms with van der Waals surface area (Å²) in [5.41, 5.74) is 0.553. The van der Waals surface area contributed by atoms with Gasteiger partial charge < -0.3 is 0 Å². The zero-order chi connectivity index (χ0) is 9.84. The van der Waals surface area contributed by atoms with E-state index >= 15 is 0 Å². The molecule has 70 valence electrons. The van der Waals surface area contributed by atoms with Crippen LogP contribution in [0.3, 0.4) is 0 Å². The Hall–Kier alpha value is -0.700. The van der Waals surface area contributed by atoms with Gasteiger partial charge in [0.15, 0.2) is 5.78 Å². The number of Topliss-reactive ketones (excluding diaryl/α,β-unsaturated/α-hetero) is 1. The molecule has 0 N–H and O–H groups in total. The minimum atomic E-state index is 0.0636. The van der Waals surface area contributed by atoms with Gasteiger partial charge >= 0.3 is 0 Å². The van der Waals surface area contributed by atoms with Crippen molar-refractivity contribution in [1.29, 1.82) is 0 Å². The molecule has 2 nitrogen and oxygen atoms in total. The van der Waals surface area contributed by atoms with Crippen molar-refractivity contribution in [2.45, 2.75) is 20.3 Å². The van der Waals surface area contributed by atoms with Crippen molar-refractivity contribution in [3.05, 3.63) is 28.5 Å². The number of carbonyl (C=O) groups is 1. The average molecular weight is 242 g/mol. The Kier molecular flexibility index (Phi) is 3.60. The predicted octanol–water partition coefficient (Wildman–Crippen LogP) is 3.07. The fourth-order valence-corrected chi connectivity index (χ4v) is 1.19. The van der Waals surface area contributed by atoms with E-state index in [9.17, 15) is 4.79 Å². The molecule has 0 aliphatic carbocycles. The first-order chi connectivity index (χ1) is 6.15. The lowest BCUT2D eigenvalue weighted by molar-refractivity contribution is 0.0922. The first-order valence-corrected chi connectivity index (χ1v) is 5.10. The minimum Gasteiger partial charge on any atom is -0.292 e. The van der Waals surface area contributed by atoms with Gasteiger partial charge in [0.05, 0.1) is 0 Å². The summed E-state index contributed by atoms with van der Waals surface area (Å²) in [5, 5.41) is 0. The first-order valence-electron chi connectivity index (χ1n) is 4.31. The quantitative estimate of drug-likeness (QED) is 0.762. The summed E-state index contributed by atoms with van der Waals surface area (Å²) in [4.78, 5) is 15.7. The van der Waals surface area contributed by atoms with Gasteiger partial charge in [-0.05, 0) is 34.5 Å². The average Bonchev–Trinajstić information content (AvgIpc) is 2.17. The standard InChI is InChI=1S/C10H12BrNO/c1-3-7(2)10(13)9-5-4-8(11)6-12-9/h4-7H,3H2,1-2H3. The molecule has 1 unspecified atom stereocenters. The molecule has 0 fully saturated rings. The van der Waals surface area contributed by atoms with Crippen LogP contribution in [-0.2, 0) is 0 Å². The summed E-state index contributed by atoms with van der Waals surface area (Å²) >= 11 is 3.27. The number of pyridine rings is 1. The molecule has 1 atom stereocenters. The summed E-state index contributed by atoms with van der Waals surface area (Å²) in [6, 6.07) is 3.58. The number of aromatic nitrogens is 1. The third kappa shape index (κ3) is 2.62. The van der Waals surface area contributed by atoms with E-state index in [2.05, 4.69) is 20.9 Å². The molecule has 0 aromatic carbocycles. The Bertz CT molecular complexity index is 294. The van der Waals surface area contributed by atoms with Crippen LogP contribution in [0.5, 0.6) is 0 Å². The molecule has 1 rings (SSSR count). The molecule has 0 spiro atoms. The van der Waals surface area contributed by atoms with Crippen LogP contribution in [0.1, 0.15) is 30.8 Å². The van der Waals surface area contributed by atoms with Crippen LogP contribution in [0.2, 0.25) is 0 Å². The summed E-state index contributed by atoms with van der Waals surface area (Å²) in [6.07, 6.45) is 2.51. The van der Waals surface area contributed by atoms with E-state index in [0.29, 0.717) is 5.69 Å². The van der Waals surface area contributed by atoms with Gasteiger partial charge in [-0.2, -0.15) is 0 Å². The molecule has 0 saturated heterocycles. The maximum atomic E-state index is 11.6. The maximum Gasteiger partial charge on any atom is 0.183 e. The second-order valence-electron chi connectivity index (χ2n) is 3.04. The van der Waals surface area contributed by atoms with Gasteiger partial charge in [0.1, 0.15) is 5.69 Å². The van der Waals surface area contributed by atoms with E-state index in [4.69, 9.17) is 0 Å². The third-order valence-electron chi connectivity index (χ3n) is 2.04. The minimum absolute atomic E-state index is 0.0636. The molecular formula is C10H12BrNO. The molecule has 0 aliphatic heterocycles. The van der Waals surface area contributed by atoms with Crippen LogP contribution in [0.25, 0.3) is 0 Å². The van der Waals surface area contributed by atoms with E-state index in [1.165, 1.54) is 0 Å². The predicted molar refractivity (Wildman–Crippen MR) is 55.7 cm³/mol. The van der Waals surface area contributed by atoms with Gasteiger partial charge in [-0.1, -0.05) is 13.8 Å². The number of halogens is 1. The summed E-state index contributed by atoms with van der Waals surface area (Å²) in [7, 11) is 0. The Morgan fingerprint density at radius 3 is 2.77 bits per heavy atom. The zero-order valence-corrected chi connectivity index (χ0v) is 9.34. The van der Waals surface area contributed by atoms with Gasteiger partial charge in [0, 0.05) is 16.6 Å². The van der Waals surface area contributed by atoms with Crippen molar-refractivity contribution in [2.75, 3.05) is 0 Å². The number of carbonyl (C=O) groups excluding carboxylic acids is 1. The topological polar surface area (TPSA) is 30.0 Å². The molecule has 3 heteroatoms. The smallest absolute Gasteiger partial charge is 0.183 e. The Morgan fingerprint density at radius 1 is 1.62 bits per heavy atom. The summed E-state index contributed by atoms with van der Waals surface area (Å²) in [6.45, 7) is 3.92. The Labute approximate surface area is 86.5 Å². The number of rotatable bonds is 3. The fourth-order valence-electron chi connectivity index (χ4n) is 0.959. The Morgan fingerprint density at radius 2 is 2.31 bits per heavy atom. The van der Waals surface area contributed by atoms with Crippen LogP contribution in [0.15, 0.2) is 22.8 Å². The zero-order valence-electron chi connectivity index (χ0n) is 7.75. The molecule has 0 bridgehead atoms. The molecule has 1 heterocycles. The van der Waals surface area contributed by atoms with Crippen molar-refractivity contribution >= 4 is 21.7 Å². The van der Waals surface area contributed by atoms with Crippen LogP contribution < -0.4 is 0 Å². The maximum absolute atomic E-state index is 11.6. The van der Waals surface area contributed by atoms with Gasteiger partial charge in [-0.25, -0.2) is 0 Å². The van der Waals surface area contributed by atoms with E-state index in [-0.39, 0.29) is 11.7 Å². The molecule has 0 saturated carbocycles. The lowest BCUT2D eigenvalue weighted by atomic mass is 10.0. The number of hydrogen-bond donors (Lipinski definition) is 0. The number of hydrogen-bond acceptors (Lipinski definition) is 2. The second-order valence-corrected chi connectivity index (χ2v) is 3.95. The molecule has 0 radical (unpaired) electrons. The van der Waals surface area contributed by atoms with E-state index in [0.717, 1.165) is 10.9 Å². The fraction of sp³-hybridized carbons (Fsp3) is 0.400. The summed E-state index contributed by atoms with van der Waals surface area (Å²) < 4.78 is 0.896. The van der Waals surface area contributed by atoms with Crippen LogP contribution in [-0.4, -0.2) is 10.8 Å². The van der Waals surface area contributed by atoms with Crippen LogP contribution in [0.4, 0.5) is 0 Å². The highest BCUT2D eigenvalue weighted by molar-refractivity contribution is 9.10. The first kappa shape index (κ1) is 10.4. The SMILES string of the molecule is CCC(C)C(=O)c1ccc(Br)cn1. The second kappa shape index (κ2) is 4.51. The number of nitrogens with zero attached hydrogens (tertiary/aromatic N) is 1. The van der Waals surface area contributed by atoms with Crippen molar-refractivity contribution in [2.24, 2.45) is 5.92 Å². The highest BCUT2D eigenvalue weighted by Crippen LogP contribution is 2.12. The van der Waals surface area contributed by atoms with E-state index in [1.807, 2.05) is 19.9 Å². The van der Waals surface area contributed by atoms with E-state index in [1.54, 1.807) is 12.3 Å². The van der Waals surface area contributed by atoms with Gasteiger partial charge in [-0.15, -0.1) is 0 Å². The van der Waals surface area contributed by atoms with Crippen molar-refractivity contribution in [3.63, 3.8) is 0 Å². The molecule has 1 aromatic heterocycles. The highest BCUT2D eigenvalue weighted by atomic mass is 79.9. The third-order valence-corrected chi connectivity index (χ3v) is 2.51. The molecule has 13 heavy (non-hydrogen) atoms. The van der Waals surface area contributed by atoms with Gasteiger partial charge in [0.2, 0.25) is 0 Å². The van der Waals surface area contributed by atoms with Crippen LogP contribution >= 0.6 is 15.9 Å². The van der Waals surface area contributed by atoms with Gasteiger partial charge in [-0.3, -0.25) is 9.78 Å². The lowest BCUT2D eigenvalue weighted by Gasteiger charge is -2.05. The normalized spacial score (nSPS) is 12.5. The van der Waals surface area contributed by atoms with Crippen molar-refractivity contribution < 1.29 is 4.79 Å². The molecule has 1 aromatic rings. The summed E-state index contributed by atoms with van der Waals surface area (Å²) in [5.74, 6) is 0.184. The van der Waals surface area contributed by atoms with E-state index < -0.39 is 0 Å². The molecule has 0 amide bonds. The Balaban J connectivity index is 2.83. The molecule has 0 aliphatic rings. The van der Waals surface area contributed by atoms with Crippen molar-refractivity contribution in [1.82, 2.24) is 4.98 Å². The van der Waals surface area contributed by atoms with Gasteiger partial charge in [0.25, 0.3) is 0 Å². The number of ketones is 1. The molecular weight excluding hydrogens is 230 g/mol. The van der Waals surface area contributed by atoms with Crippen molar-refractivity contribution in [3.8, 4) is 0 Å². The monoisotopic (exact) mass is 241 g/mol. The largest absolute Gasteiger partial charge is 0.292 e.